The van der Waals surface area contributed by atoms with Gasteiger partial charge in [-0.25, -0.2) is 4.79 Å². The monoisotopic (exact) mass is 558 g/mol. The topological polar surface area (TPSA) is 212 Å². The Morgan fingerprint density at radius 2 is 1.56 bits per heavy atom. The summed E-state index contributed by atoms with van der Waals surface area (Å²) in [6.45, 7) is 3.80. The molecular weight excluding hydrogens is 532 g/mol. The number of hydrogen-bond donors (Lipinski definition) is 4. The Morgan fingerprint density at radius 1 is 1.00 bits per heavy atom. The number of aliphatic hydroxyl groups is 4. The highest BCUT2D eigenvalue weighted by atomic mass is 79.9. The fourth-order valence-electron chi connectivity index (χ4n) is 3.12. The van der Waals surface area contributed by atoms with Crippen LogP contribution in [0.3, 0.4) is 0 Å². The maximum Gasteiger partial charge on any atom is 0.337 e. The lowest BCUT2D eigenvalue weighted by molar-refractivity contribution is -0.265. The molecule has 1 aliphatic heterocycles. The van der Waals surface area contributed by atoms with E-state index < -0.39 is 83.8 Å². The van der Waals surface area contributed by atoms with Crippen molar-refractivity contribution in [1.29, 1.82) is 0 Å². The molecule has 1 aliphatic rings. The van der Waals surface area contributed by atoms with Crippen LogP contribution in [0.5, 0.6) is 0 Å². The number of aliphatic hydroxyl groups excluding tert-OH is 4. The zero-order chi connectivity index (χ0) is 26.4. The number of carbonyl (C=O) groups is 5. The maximum atomic E-state index is 12.1. The van der Waals surface area contributed by atoms with Crippen LogP contribution in [0, 0.1) is 0 Å². The molecule has 1 saturated heterocycles. The van der Waals surface area contributed by atoms with Crippen molar-refractivity contribution in [2.24, 2.45) is 0 Å². The quantitative estimate of drug-likeness (QED) is 0.0942. The molecule has 0 bridgehead atoms. The van der Waals surface area contributed by atoms with E-state index >= 15 is 0 Å². The van der Waals surface area contributed by atoms with Crippen LogP contribution in [0.15, 0.2) is 0 Å². The van der Waals surface area contributed by atoms with E-state index in [-0.39, 0.29) is 6.29 Å². The van der Waals surface area contributed by atoms with Crippen molar-refractivity contribution in [3.8, 4) is 0 Å². The van der Waals surface area contributed by atoms with Crippen molar-refractivity contribution in [3.63, 3.8) is 0 Å². The fourth-order valence-corrected chi connectivity index (χ4v) is 3.75. The van der Waals surface area contributed by atoms with E-state index in [0.29, 0.717) is 0 Å². The molecule has 1 heterocycles. The number of esters is 4. The number of carbonyl (C=O) groups excluding carboxylic acids is 5. The van der Waals surface area contributed by atoms with Gasteiger partial charge in [0.2, 0.25) is 0 Å². The summed E-state index contributed by atoms with van der Waals surface area (Å²) >= 11 is 3.15. The summed E-state index contributed by atoms with van der Waals surface area (Å²) in [5.41, 5.74) is -1.69. The molecule has 0 saturated carbocycles. The van der Waals surface area contributed by atoms with Gasteiger partial charge in [0.05, 0.1) is 0 Å². The van der Waals surface area contributed by atoms with Gasteiger partial charge in [-0.15, -0.1) is 0 Å². The van der Waals surface area contributed by atoms with Gasteiger partial charge in [-0.1, -0.05) is 15.9 Å². The lowest BCUT2D eigenvalue weighted by atomic mass is 9.88. The summed E-state index contributed by atoms with van der Waals surface area (Å²) in [4.78, 5) is 57.7. The fraction of sp³-hybridized carbons (Fsp3) is 0.737. The van der Waals surface area contributed by atoms with Gasteiger partial charge in [0.1, 0.15) is 31.0 Å². The van der Waals surface area contributed by atoms with Gasteiger partial charge < -0.3 is 48.9 Å². The molecule has 0 aliphatic carbocycles. The van der Waals surface area contributed by atoms with Crippen molar-refractivity contribution in [3.05, 3.63) is 0 Å². The molecular formula is C19H27BrO14. The van der Waals surface area contributed by atoms with Crippen LogP contribution in [0.4, 0.5) is 0 Å². The Balaban J connectivity index is 3.13. The van der Waals surface area contributed by atoms with Crippen LogP contribution in [-0.2, 0) is 47.7 Å². The number of ether oxygens (including phenoxy) is 5. The number of alkyl halides is 1. The number of rotatable bonds is 10. The first-order valence-electron chi connectivity index (χ1n) is 9.83. The molecule has 34 heavy (non-hydrogen) atoms. The third-order valence-electron chi connectivity index (χ3n) is 4.73. The predicted octanol–water partition coefficient (Wildman–Crippen LogP) is -2.52. The molecule has 0 spiro atoms. The number of halogens is 1. The van der Waals surface area contributed by atoms with Gasteiger partial charge >= 0.3 is 23.9 Å². The average Bonchev–Trinajstić information content (AvgIpc) is 2.74. The Labute approximate surface area is 202 Å². The third kappa shape index (κ3) is 7.41. The van der Waals surface area contributed by atoms with Crippen LogP contribution in [0.25, 0.3) is 0 Å². The molecule has 0 amide bonds. The molecule has 0 aromatic heterocycles. The van der Waals surface area contributed by atoms with E-state index in [0.717, 1.165) is 20.8 Å². The smallest absolute Gasteiger partial charge is 0.337 e. The number of aldehydes is 1. The van der Waals surface area contributed by atoms with Gasteiger partial charge in [0.25, 0.3) is 0 Å². The Morgan fingerprint density at radius 3 is 2.03 bits per heavy atom. The van der Waals surface area contributed by atoms with Crippen molar-refractivity contribution < 1.29 is 68.1 Å². The van der Waals surface area contributed by atoms with Crippen LogP contribution in [0.2, 0.25) is 0 Å². The second-order valence-electron chi connectivity index (χ2n) is 7.55. The third-order valence-corrected chi connectivity index (χ3v) is 5.85. The van der Waals surface area contributed by atoms with E-state index in [4.69, 9.17) is 23.7 Å². The first-order valence-corrected chi connectivity index (χ1v) is 10.7. The molecule has 1 rings (SSSR count). The molecule has 9 atom stereocenters. The summed E-state index contributed by atoms with van der Waals surface area (Å²) in [6.07, 6.45) is -13.3. The molecule has 14 nitrogen and oxygen atoms in total. The second kappa shape index (κ2) is 12.5. The van der Waals surface area contributed by atoms with E-state index in [1.165, 1.54) is 6.92 Å². The van der Waals surface area contributed by atoms with Gasteiger partial charge in [0, 0.05) is 20.8 Å². The number of hydrogen-bond acceptors (Lipinski definition) is 14. The Hall–Kier alpha value is -2.17. The first-order chi connectivity index (χ1) is 15.6. The molecule has 0 radical (unpaired) electrons. The van der Waals surface area contributed by atoms with Crippen LogP contribution in [-0.4, -0.2) is 111 Å². The second-order valence-corrected chi connectivity index (χ2v) is 8.39. The molecule has 0 aromatic carbocycles. The van der Waals surface area contributed by atoms with Crippen LogP contribution < -0.4 is 0 Å². The molecule has 0 unspecified atom stereocenters. The Bertz CT molecular complexity index is 774. The highest BCUT2D eigenvalue weighted by Gasteiger charge is 2.59. The van der Waals surface area contributed by atoms with Crippen molar-refractivity contribution in [1.82, 2.24) is 0 Å². The van der Waals surface area contributed by atoms with Gasteiger partial charge in [-0.2, -0.15) is 0 Å². The molecule has 1 fully saturated rings. The summed E-state index contributed by atoms with van der Waals surface area (Å²) < 4.78 is 26.2. The van der Waals surface area contributed by atoms with Crippen LogP contribution >= 0.6 is 15.9 Å². The summed E-state index contributed by atoms with van der Waals surface area (Å²) in [7, 11) is 0. The minimum Gasteiger partial charge on any atom is -0.461 e. The van der Waals surface area contributed by atoms with E-state index in [1.807, 2.05) is 0 Å². The lowest BCUT2D eigenvalue weighted by Crippen LogP contribution is -2.67. The summed E-state index contributed by atoms with van der Waals surface area (Å²) in [6, 6.07) is 0. The normalized spacial score (nSPS) is 30.1. The highest BCUT2D eigenvalue weighted by Crippen LogP contribution is 2.39. The molecule has 15 heteroatoms. The Kier molecular flexibility index (Phi) is 11.0. The lowest BCUT2D eigenvalue weighted by Gasteiger charge is -2.48. The summed E-state index contributed by atoms with van der Waals surface area (Å²) in [5.74, 6) is -3.92. The van der Waals surface area contributed by atoms with Crippen LogP contribution in [0.1, 0.15) is 27.7 Å². The van der Waals surface area contributed by atoms with E-state index in [9.17, 15) is 44.4 Å². The van der Waals surface area contributed by atoms with Gasteiger partial charge in [0.15, 0.2) is 35.2 Å². The highest BCUT2D eigenvalue weighted by molar-refractivity contribution is 9.09. The first kappa shape index (κ1) is 29.9. The standard InChI is InChI=1S/C19H27BrO14/c1-7(22)31-15-11(6-30-17(29)14(28)13(27)12(26)10(25)5-21)33-18(20)19(4,34-9(3)24)16(15)32-8(2)23/h5,10-16,18,25-28H,6H2,1-4H3/t10-,11-,12+,13-,14+,15-,16+,18+,19-/m1/s1. The van der Waals surface area contributed by atoms with Gasteiger partial charge in [-0.3, -0.25) is 14.4 Å². The van der Waals surface area contributed by atoms with Gasteiger partial charge in [-0.05, 0) is 6.92 Å². The predicted molar refractivity (Wildman–Crippen MR) is 110 cm³/mol. The van der Waals surface area contributed by atoms with E-state index in [1.54, 1.807) is 0 Å². The molecule has 194 valence electrons. The van der Waals surface area contributed by atoms with Crippen molar-refractivity contribution in [2.45, 2.75) is 81.0 Å². The largest absolute Gasteiger partial charge is 0.461 e. The van der Waals surface area contributed by atoms with Crippen molar-refractivity contribution >= 4 is 46.1 Å². The minimum absolute atomic E-state index is 0.114. The molecule has 4 N–H and O–H groups in total. The molecule has 0 aromatic rings. The zero-order valence-electron chi connectivity index (χ0n) is 18.7. The maximum absolute atomic E-state index is 12.1. The van der Waals surface area contributed by atoms with E-state index in [2.05, 4.69) is 15.9 Å². The SMILES string of the molecule is CC(=O)O[C@@H]1[C@@H](COC(=O)[C@@H](O)[C@H](O)[C@@H](O)[C@H](O)C=O)O[C@H](Br)[C@](C)(OC(C)=O)[C@H]1OC(C)=O. The van der Waals surface area contributed by atoms with Crippen molar-refractivity contribution in [2.75, 3.05) is 6.61 Å². The zero-order valence-corrected chi connectivity index (χ0v) is 20.2. The average molecular weight is 559 g/mol. The minimum atomic E-state index is -2.38. The summed E-state index contributed by atoms with van der Waals surface area (Å²) in [5, 5.41) is 37.3.